The molecule has 0 unspecified atom stereocenters. The van der Waals surface area contributed by atoms with Crippen molar-refractivity contribution in [3.05, 3.63) is 11.6 Å². The minimum absolute atomic E-state index is 0.249. The van der Waals surface area contributed by atoms with Crippen LogP contribution in [0.1, 0.15) is 26.7 Å². The molecule has 0 radical (unpaired) electrons. The Bertz CT molecular complexity index is 161. The van der Waals surface area contributed by atoms with E-state index in [1.807, 2.05) is 6.92 Å². The van der Waals surface area contributed by atoms with Crippen molar-refractivity contribution in [2.75, 3.05) is 13.2 Å². The average molecular weight is 172 g/mol. The molecular formula is C9H16O3. The molecule has 0 aromatic heterocycles. The van der Waals surface area contributed by atoms with Crippen molar-refractivity contribution in [2.45, 2.75) is 26.7 Å². The first kappa shape index (κ1) is 11.2. The second-order valence-electron chi connectivity index (χ2n) is 2.46. The number of hydrogen-bond acceptors (Lipinski definition) is 3. The standard InChI is InChI=1S/C9H16O3/c1-3-5-6-12-9(11)8(4-2)7-10/h4,10H,3,5-7H2,1-2H3. The number of carbonyl (C=O) groups excluding carboxylic acids is 1. The van der Waals surface area contributed by atoms with Crippen LogP contribution < -0.4 is 0 Å². The molecular weight excluding hydrogens is 156 g/mol. The number of aliphatic hydroxyl groups excluding tert-OH is 1. The number of unbranched alkanes of at least 4 members (excludes halogenated alkanes) is 1. The van der Waals surface area contributed by atoms with E-state index in [1.54, 1.807) is 13.0 Å². The predicted molar refractivity (Wildman–Crippen MR) is 46.7 cm³/mol. The minimum atomic E-state index is -0.409. The Balaban J connectivity index is 3.71. The molecule has 0 saturated carbocycles. The molecule has 0 aliphatic carbocycles. The Labute approximate surface area is 73.0 Å². The fourth-order valence-corrected chi connectivity index (χ4v) is 0.676. The van der Waals surface area contributed by atoms with E-state index < -0.39 is 5.97 Å². The zero-order chi connectivity index (χ0) is 9.40. The van der Waals surface area contributed by atoms with Gasteiger partial charge in [-0.2, -0.15) is 0 Å². The summed E-state index contributed by atoms with van der Waals surface area (Å²) in [5, 5.41) is 8.68. The summed E-state index contributed by atoms with van der Waals surface area (Å²) in [6, 6.07) is 0. The summed E-state index contributed by atoms with van der Waals surface area (Å²) in [5.41, 5.74) is 0.325. The summed E-state index contributed by atoms with van der Waals surface area (Å²) in [6.45, 7) is 3.91. The summed E-state index contributed by atoms with van der Waals surface area (Å²) >= 11 is 0. The largest absolute Gasteiger partial charge is 0.462 e. The zero-order valence-corrected chi connectivity index (χ0v) is 7.67. The first-order valence-corrected chi connectivity index (χ1v) is 4.19. The Kier molecular flexibility index (Phi) is 6.38. The van der Waals surface area contributed by atoms with Gasteiger partial charge >= 0.3 is 5.97 Å². The molecule has 0 fully saturated rings. The first-order chi connectivity index (χ1) is 5.76. The first-order valence-electron chi connectivity index (χ1n) is 4.19. The van der Waals surface area contributed by atoms with Gasteiger partial charge in [-0.3, -0.25) is 0 Å². The molecule has 0 aromatic rings. The van der Waals surface area contributed by atoms with Crippen molar-refractivity contribution in [1.82, 2.24) is 0 Å². The van der Waals surface area contributed by atoms with Crippen LogP contribution in [0.5, 0.6) is 0 Å². The van der Waals surface area contributed by atoms with Crippen molar-refractivity contribution in [1.29, 1.82) is 0 Å². The lowest BCUT2D eigenvalue weighted by atomic mass is 10.3. The van der Waals surface area contributed by atoms with Crippen LogP contribution in [0.4, 0.5) is 0 Å². The number of hydrogen-bond donors (Lipinski definition) is 1. The monoisotopic (exact) mass is 172 g/mol. The van der Waals surface area contributed by atoms with Crippen LogP contribution in [0.15, 0.2) is 11.6 Å². The van der Waals surface area contributed by atoms with Gasteiger partial charge in [-0.1, -0.05) is 19.4 Å². The molecule has 1 N–H and O–H groups in total. The molecule has 0 aliphatic rings. The molecule has 0 amide bonds. The lowest BCUT2D eigenvalue weighted by Crippen LogP contribution is -2.11. The van der Waals surface area contributed by atoms with Gasteiger partial charge in [0.2, 0.25) is 0 Å². The fourth-order valence-electron chi connectivity index (χ4n) is 0.676. The van der Waals surface area contributed by atoms with E-state index in [0.29, 0.717) is 12.2 Å². The highest BCUT2D eigenvalue weighted by Gasteiger charge is 2.07. The molecule has 0 saturated heterocycles. The van der Waals surface area contributed by atoms with Gasteiger partial charge in [-0.25, -0.2) is 4.79 Å². The van der Waals surface area contributed by atoms with Crippen molar-refractivity contribution < 1.29 is 14.6 Å². The minimum Gasteiger partial charge on any atom is -0.462 e. The SMILES string of the molecule is CC=C(CO)C(=O)OCCCC. The third-order valence-electron chi connectivity index (χ3n) is 1.51. The molecule has 0 rings (SSSR count). The molecule has 3 heteroatoms. The van der Waals surface area contributed by atoms with Gasteiger partial charge < -0.3 is 9.84 Å². The predicted octanol–water partition coefficient (Wildman–Crippen LogP) is 1.27. The lowest BCUT2D eigenvalue weighted by molar-refractivity contribution is -0.139. The molecule has 0 atom stereocenters. The van der Waals surface area contributed by atoms with E-state index in [-0.39, 0.29) is 6.61 Å². The Morgan fingerprint density at radius 3 is 2.67 bits per heavy atom. The number of esters is 1. The molecule has 0 aliphatic heterocycles. The number of carbonyl (C=O) groups is 1. The molecule has 12 heavy (non-hydrogen) atoms. The van der Waals surface area contributed by atoms with Crippen LogP contribution in [0, 0.1) is 0 Å². The van der Waals surface area contributed by atoms with E-state index in [2.05, 4.69) is 0 Å². The highest BCUT2D eigenvalue weighted by Crippen LogP contribution is 1.98. The average Bonchev–Trinajstić information content (AvgIpc) is 2.07. The topological polar surface area (TPSA) is 46.5 Å². The lowest BCUT2D eigenvalue weighted by Gasteiger charge is -2.04. The maximum absolute atomic E-state index is 11.0. The maximum Gasteiger partial charge on any atom is 0.336 e. The maximum atomic E-state index is 11.0. The van der Waals surface area contributed by atoms with Crippen LogP contribution in [0.3, 0.4) is 0 Å². The normalized spacial score (nSPS) is 11.4. The van der Waals surface area contributed by atoms with Crippen LogP contribution in [-0.4, -0.2) is 24.3 Å². The van der Waals surface area contributed by atoms with E-state index in [0.717, 1.165) is 12.8 Å². The number of ether oxygens (including phenoxy) is 1. The Morgan fingerprint density at radius 1 is 1.58 bits per heavy atom. The summed E-state index contributed by atoms with van der Waals surface area (Å²) < 4.78 is 4.86. The van der Waals surface area contributed by atoms with Crippen molar-refractivity contribution in [3.63, 3.8) is 0 Å². The summed E-state index contributed by atoms with van der Waals surface area (Å²) in [7, 11) is 0. The van der Waals surface area contributed by atoms with Gasteiger partial charge in [0.25, 0.3) is 0 Å². The Morgan fingerprint density at radius 2 is 2.25 bits per heavy atom. The zero-order valence-electron chi connectivity index (χ0n) is 7.67. The smallest absolute Gasteiger partial charge is 0.336 e. The molecule has 70 valence electrons. The van der Waals surface area contributed by atoms with Gasteiger partial charge in [0.1, 0.15) is 0 Å². The van der Waals surface area contributed by atoms with E-state index >= 15 is 0 Å². The Hall–Kier alpha value is -0.830. The second-order valence-corrected chi connectivity index (χ2v) is 2.46. The summed E-state index contributed by atoms with van der Waals surface area (Å²) in [6.07, 6.45) is 3.43. The van der Waals surface area contributed by atoms with Gasteiger partial charge in [0.05, 0.1) is 18.8 Å². The number of aliphatic hydroxyl groups is 1. The van der Waals surface area contributed by atoms with Crippen LogP contribution in [-0.2, 0) is 9.53 Å². The molecule has 0 aromatic carbocycles. The summed E-state index contributed by atoms with van der Waals surface area (Å²) in [5.74, 6) is -0.409. The number of allylic oxidation sites excluding steroid dienone is 1. The van der Waals surface area contributed by atoms with Crippen molar-refractivity contribution in [3.8, 4) is 0 Å². The van der Waals surface area contributed by atoms with Crippen LogP contribution in [0.25, 0.3) is 0 Å². The second kappa shape index (κ2) is 6.85. The molecule has 0 heterocycles. The van der Waals surface area contributed by atoms with Crippen molar-refractivity contribution >= 4 is 5.97 Å². The molecule has 3 nitrogen and oxygen atoms in total. The quantitative estimate of drug-likeness (QED) is 0.386. The van der Waals surface area contributed by atoms with Crippen LogP contribution in [0.2, 0.25) is 0 Å². The van der Waals surface area contributed by atoms with Gasteiger partial charge in [0.15, 0.2) is 0 Å². The van der Waals surface area contributed by atoms with E-state index in [1.165, 1.54) is 0 Å². The van der Waals surface area contributed by atoms with Crippen molar-refractivity contribution in [2.24, 2.45) is 0 Å². The van der Waals surface area contributed by atoms with Gasteiger partial charge in [-0.15, -0.1) is 0 Å². The third-order valence-corrected chi connectivity index (χ3v) is 1.51. The third kappa shape index (κ3) is 4.13. The highest BCUT2D eigenvalue weighted by atomic mass is 16.5. The van der Waals surface area contributed by atoms with E-state index in [4.69, 9.17) is 9.84 Å². The number of rotatable bonds is 5. The fraction of sp³-hybridized carbons (Fsp3) is 0.667. The van der Waals surface area contributed by atoms with Crippen LogP contribution >= 0.6 is 0 Å². The summed E-state index contributed by atoms with van der Waals surface area (Å²) in [4.78, 5) is 11.0. The molecule has 0 spiro atoms. The van der Waals surface area contributed by atoms with E-state index in [9.17, 15) is 4.79 Å². The van der Waals surface area contributed by atoms with Gasteiger partial charge in [-0.05, 0) is 13.3 Å². The van der Waals surface area contributed by atoms with Gasteiger partial charge in [0, 0.05) is 0 Å². The molecule has 0 bridgehead atoms. The highest BCUT2D eigenvalue weighted by molar-refractivity contribution is 5.88.